The van der Waals surface area contributed by atoms with Crippen molar-refractivity contribution in [2.75, 3.05) is 43.5 Å². The molecule has 8 nitrogen and oxygen atoms in total. The van der Waals surface area contributed by atoms with Gasteiger partial charge in [-0.05, 0) is 43.4 Å². The van der Waals surface area contributed by atoms with Crippen LogP contribution in [0.4, 0.5) is 11.6 Å². The molecule has 2 aliphatic rings. The van der Waals surface area contributed by atoms with Crippen molar-refractivity contribution in [3.8, 4) is 11.1 Å². The predicted octanol–water partition coefficient (Wildman–Crippen LogP) is 2.97. The number of pyridine rings is 1. The molecule has 2 saturated heterocycles. The Labute approximate surface area is 181 Å². The van der Waals surface area contributed by atoms with E-state index in [0.717, 1.165) is 56.7 Å². The molecule has 1 atom stereocenters. The molecule has 0 spiro atoms. The minimum atomic E-state index is -0.0316. The smallest absolute Gasteiger partial charge is 0.229 e. The van der Waals surface area contributed by atoms with Crippen LogP contribution in [0.1, 0.15) is 26.2 Å². The highest BCUT2D eigenvalue weighted by Gasteiger charge is 2.27. The van der Waals surface area contributed by atoms with Crippen LogP contribution in [0.3, 0.4) is 0 Å². The minimum Gasteiger partial charge on any atom is -0.381 e. The van der Waals surface area contributed by atoms with Gasteiger partial charge in [-0.3, -0.25) is 4.79 Å². The molecule has 1 unspecified atom stereocenters. The molecule has 0 aliphatic carbocycles. The highest BCUT2D eigenvalue weighted by molar-refractivity contribution is 6.33. The number of hydrogen-bond donors (Lipinski definition) is 3. The third-order valence-corrected chi connectivity index (χ3v) is 6.20. The first-order valence-corrected chi connectivity index (χ1v) is 10.7. The monoisotopic (exact) mass is 430 g/mol. The molecular formula is C21H27ClN6O2. The lowest BCUT2D eigenvalue weighted by molar-refractivity contribution is -0.119. The number of carbonyl (C=O) groups excluding carboxylic acids is 1. The summed E-state index contributed by atoms with van der Waals surface area (Å²) in [5.41, 5.74) is 1.74. The number of hydrogen-bond acceptors (Lipinski definition) is 7. The topological polar surface area (TPSA) is 101 Å². The molecule has 3 N–H and O–H groups in total. The number of nitrogens with zero attached hydrogens (tertiary/aromatic N) is 3. The SMILES string of the molecule is CC1(CNc2cc(-c3cc(NC(=O)C4CCNC4)ncc3Cl)cnn2)CCOCC1. The van der Waals surface area contributed by atoms with Crippen molar-refractivity contribution >= 4 is 29.1 Å². The Morgan fingerprint density at radius 3 is 2.90 bits per heavy atom. The Balaban J connectivity index is 1.47. The maximum Gasteiger partial charge on any atom is 0.229 e. The number of carbonyl (C=O) groups is 1. The summed E-state index contributed by atoms with van der Waals surface area (Å²) >= 11 is 6.40. The molecule has 4 rings (SSSR count). The van der Waals surface area contributed by atoms with Gasteiger partial charge in [-0.25, -0.2) is 4.98 Å². The second kappa shape index (κ2) is 9.24. The zero-order valence-corrected chi connectivity index (χ0v) is 17.8. The van der Waals surface area contributed by atoms with E-state index in [0.29, 0.717) is 23.2 Å². The Hall–Kier alpha value is -2.29. The Morgan fingerprint density at radius 2 is 2.13 bits per heavy atom. The lowest BCUT2D eigenvalue weighted by Gasteiger charge is -2.33. The minimum absolute atomic E-state index is 0.0271. The van der Waals surface area contributed by atoms with E-state index in [1.165, 1.54) is 0 Å². The molecule has 160 valence electrons. The van der Waals surface area contributed by atoms with E-state index in [4.69, 9.17) is 16.3 Å². The lowest BCUT2D eigenvalue weighted by Crippen LogP contribution is -2.33. The van der Waals surface area contributed by atoms with Crippen molar-refractivity contribution in [3.05, 3.63) is 29.5 Å². The van der Waals surface area contributed by atoms with Crippen molar-refractivity contribution in [1.82, 2.24) is 20.5 Å². The van der Waals surface area contributed by atoms with E-state index in [1.807, 2.05) is 6.07 Å². The third-order valence-electron chi connectivity index (χ3n) is 5.90. The molecule has 2 aromatic rings. The summed E-state index contributed by atoms with van der Waals surface area (Å²) in [5.74, 6) is 1.11. The highest BCUT2D eigenvalue weighted by atomic mass is 35.5. The second-order valence-corrected chi connectivity index (χ2v) is 8.74. The average molecular weight is 431 g/mol. The predicted molar refractivity (Wildman–Crippen MR) is 117 cm³/mol. The molecule has 2 aliphatic heterocycles. The standard InChI is InChI=1S/C21H27ClN6O2/c1-21(3-6-30-7-4-21)13-25-19-8-15(11-26-28-19)16-9-18(24-12-17(16)22)27-20(29)14-2-5-23-10-14/h8-9,11-12,14,23H,2-7,10,13H2,1H3,(H,25,28)(H,24,27,29). The molecule has 2 aromatic heterocycles. The number of anilines is 2. The molecule has 30 heavy (non-hydrogen) atoms. The summed E-state index contributed by atoms with van der Waals surface area (Å²) in [5, 5.41) is 18.3. The first-order chi connectivity index (χ1) is 14.5. The molecular weight excluding hydrogens is 404 g/mol. The van der Waals surface area contributed by atoms with Gasteiger partial charge in [0.05, 0.1) is 17.1 Å². The van der Waals surface area contributed by atoms with E-state index in [9.17, 15) is 4.79 Å². The molecule has 1 amide bonds. The van der Waals surface area contributed by atoms with Gasteiger partial charge >= 0.3 is 0 Å². The maximum absolute atomic E-state index is 12.4. The van der Waals surface area contributed by atoms with Crippen molar-refractivity contribution in [2.45, 2.75) is 26.2 Å². The van der Waals surface area contributed by atoms with Gasteiger partial charge in [-0.15, -0.1) is 5.10 Å². The van der Waals surface area contributed by atoms with Gasteiger partial charge in [0.1, 0.15) is 11.6 Å². The summed E-state index contributed by atoms with van der Waals surface area (Å²) in [7, 11) is 0. The van der Waals surface area contributed by atoms with Gasteiger partial charge in [0, 0.05) is 43.6 Å². The van der Waals surface area contributed by atoms with E-state index >= 15 is 0 Å². The molecule has 2 fully saturated rings. The first-order valence-electron chi connectivity index (χ1n) is 10.3. The van der Waals surface area contributed by atoms with Crippen LogP contribution in [0.2, 0.25) is 5.02 Å². The quantitative estimate of drug-likeness (QED) is 0.647. The van der Waals surface area contributed by atoms with Crippen LogP contribution in [0.5, 0.6) is 0 Å². The van der Waals surface area contributed by atoms with E-state index in [-0.39, 0.29) is 17.2 Å². The van der Waals surface area contributed by atoms with Crippen LogP contribution in [0, 0.1) is 11.3 Å². The van der Waals surface area contributed by atoms with Gasteiger partial charge in [-0.1, -0.05) is 18.5 Å². The number of rotatable bonds is 6. The van der Waals surface area contributed by atoms with Crippen molar-refractivity contribution in [1.29, 1.82) is 0 Å². The van der Waals surface area contributed by atoms with Crippen molar-refractivity contribution in [3.63, 3.8) is 0 Å². The molecule has 4 heterocycles. The van der Waals surface area contributed by atoms with Gasteiger partial charge in [-0.2, -0.15) is 5.10 Å². The van der Waals surface area contributed by atoms with E-state index in [1.54, 1.807) is 18.5 Å². The summed E-state index contributed by atoms with van der Waals surface area (Å²) in [4.78, 5) is 16.7. The number of halogens is 1. The fourth-order valence-electron chi connectivity index (χ4n) is 3.78. The average Bonchev–Trinajstić information content (AvgIpc) is 3.30. The van der Waals surface area contributed by atoms with Gasteiger partial charge in [0.15, 0.2) is 0 Å². The second-order valence-electron chi connectivity index (χ2n) is 8.33. The number of aromatic nitrogens is 3. The summed E-state index contributed by atoms with van der Waals surface area (Å²) in [6.45, 7) is 6.20. The molecule has 9 heteroatoms. The van der Waals surface area contributed by atoms with Crippen LogP contribution < -0.4 is 16.0 Å². The van der Waals surface area contributed by atoms with Gasteiger partial charge in [0.2, 0.25) is 5.91 Å². The molecule has 0 bridgehead atoms. The molecule has 0 saturated carbocycles. The lowest BCUT2D eigenvalue weighted by atomic mass is 9.82. The van der Waals surface area contributed by atoms with Gasteiger partial charge in [0.25, 0.3) is 0 Å². The third kappa shape index (κ3) is 5.06. The summed E-state index contributed by atoms with van der Waals surface area (Å²) < 4.78 is 5.47. The Morgan fingerprint density at radius 1 is 1.30 bits per heavy atom. The van der Waals surface area contributed by atoms with E-state index in [2.05, 4.69) is 38.1 Å². The summed E-state index contributed by atoms with van der Waals surface area (Å²) in [6.07, 6.45) is 6.08. The molecule has 0 radical (unpaired) electrons. The van der Waals surface area contributed by atoms with E-state index < -0.39 is 0 Å². The number of nitrogens with one attached hydrogen (secondary N) is 3. The van der Waals surface area contributed by atoms with Crippen LogP contribution in [-0.4, -0.2) is 53.9 Å². The Bertz CT molecular complexity index is 897. The van der Waals surface area contributed by atoms with Crippen LogP contribution in [-0.2, 0) is 9.53 Å². The zero-order valence-electron chi connectivity index (χ0n) is 17.1. The van der Waals surface area contributed by atoms with Crippen LogP contribution in [0.25, 0.3) is 11.1 Å². The van der Waals surface area contributed by atoms with Crippen LogP contribution in [0.15, 0.2) is 24.5 Å². The fourth-order valence-corrected chi connectivity index (χ4v) is 3.99. The highest BCUT2D eigenvalue weighted by Crippen LogP contribution is 2.32. The van der Waals surface area contributed by atoms with Crippen molar-refractivity contribution < 1.29 is 9.53 Å². The van der Waals surface area contributed by atoms with Crippen LogP contribution >= 0.6 is 11.6 Å². The largest absolute Gasteiger partial charge is 0.381 e. The zero-order chi connectivity index (χ0) is 21.0. The first kappa shape index (κ1) is 21.0. The maximum atomic E-state index is 12.4. The molecule has 0 aromatic carbocycles. The summed E-state index contributed by atoms with van der Waals surface area (Å²) in [6, 6.07) is 3.70. The number of ether oxygens (including phenoxy) is 1. The van der Waals surface area contributed by atoms with Gasteiger partial charge < -0.3 is 20.7 Å². The fraction of sp³-hybridized carbons (Fsp3) is 0.524. The normalized spacial score (nSPS) is 20.7. The Kier molecular flexibility index (Phi) is 6.46. The van der Waals surface area contributed by atoms with Crippen molar-refractivity contribution in [2.24, 2.45) is 11.3 Å². The number of amides is 1.